The molecule has 0 saturated carbocycles. The largest absolute Gasteiger partial charge is 0.507 e. The fourth-order valence-electron chi connectivity index (χ4n) is 4.56. The number of ether oxygens (including phenoxy) is 2. The molecular formula is C30H30ClNO5. The lowest BCUT2D eigenvalue weighted by Crippen LogP contribution is -2.29. The molecule has 4 rings (SSSR count). The van der Waals surface area contributed by atoms with Crippen LogP contribution < -0.4 is 9.47 Å². The molecule has 3 aromatic rings. The number of halogens is 1. The summed E-state index contributed by atoms with van der Waals surface area (Å²) in [6.07, 6.45) is 0. The number of carbonyl (C=O) groups is 2. The molecule has 1 atom stereocenters. The van der Waals surface area contributed by atoms with E-state index in [1.54, 1.807) is 31.4 Å². The molecule has 1 N–H and O–H groups in total. The summed E-state index contributed by atoms with van der Waals surface area (Å²) in [4.78, 5) is 28.3. The van der Waals surface area contributed by atoms with Gasteiger partial charge in [-0.25, -0.2) is 0 Å². The van der Waals surface area contributed by atoms with Crippen molar-refractivity contribution in [3.8, 4) is 11.5 Å². The van der Waals surface area contributed by atoms with E-state index in [1.807, 2.05) is 49.4 Å². The number of rotatable bonds is 8. The van der Waals surface area contributed by atoms with E-state index >= 15 is 0 Å². The Morgan fingerprint density at radius 1 is 1.05 bits per heavy atom. The molecule has 7 heteroatoms. The van der Waals surface area contributed by atoms with Crippen LogP contribution in [0.2, 0.25) is 5.02 Å². The number of Topliss-reactive ketones (excluding diaryl/α,β-unsaturated/α-hetero) is 1. The third-order valence-electron chi connectivity index (χ3n) is 6.50. The molecule has 6 nitrogen and oxygen atoms in total. The van der Waals surface area contributed by atoms with Gasteiger partial charge >= 0.3 is 0 Å². The molecule has 0 spiro atoms. The summed E-state index contributed by atoms with van der Waals surface area (Å²) < 4.78 is 11.0. The van der Waals surface area contributed by atoms with Crippen molar-refractivity contribution < 1.29 is 24.2 Å². The molecule has 0 aromatic heterocycles. The number of hydrogen-bond acceptors (Lipinski definition) is 5. The van der Waals surface area contributed by atoms with Gasteiger partial charge in [-0.3, -0.25) is 9.59 Å². The number of amides is 1. The van der Waals surface area contributed by atoms with Crippen LogP contribution in [-0.4, -0.2) is 35.4 Å². The zero-order chi connectivity index (χ0) is 26.7. The minimum absolute atomic E-state index is 0.0206. The Balaban J connectivity index is 1.89. The first-order valence-electron chi connectivity index (χ1n) is 12.2. The monoisotopic (exact) mass is 519 g/mol. The molecule has 1 saturated heterocycles. The topological polar surface area (TPSA) is 76.1 Å². The first-order valence-corrected chi connectivity index (χ1v) is 12.6. The number of benzene rings is 3. The summed E-state index contributed by atoms with van der Waals surface area (Å²) in [7, 11) is 1.56. The lowest BCUT2D eigenvalue weighted by atomic mass is 9.93. The second kappa shape index (κ2) is 11.1. The summed E-state index contributed by atoms with van der Waals surface area (Å²) in [6.45, 7) is 6.58. The van der Waals surface area contributed by atoms with Gasteiger partial charge in [-0.05, 0) is 48.2 Å². The Kier molecular flexibility index (Phi) is 7.89. The minimum atomic E-state index is -0.821. The highest BCUT2D eigenvalue weighted by Crippen LogP contribution is 2.42. The second-order valence-electron chi connectivity index (χ2n) is 9.13. The number of carbonyl (C=O) groups excluding carboxylic acids is 2. The van der Waals surface area contributed by atoms with E-state index in [4.69, 9.17) is 21.1 Å². The van der Waals surface area contributed by atoms with Crippen LogP contribution in [0.1, 0.15) is 55.0 Å². The third-order valence-corrected chi connectivity index (χ3v) is 6.83. The van der Waals surface area contributed by atoms with Crippen LogP contribution in [0.3, 0.4) is 0 Å². The van der Waals surface area contributed by atoms with Crippen molar-refractivity contribution in [3.63, 3.8) is 0 Å². The van der Waals surface area contributed by atoms with Crippen molar-refractivity contribution in [3.05, 3.63) is 99.6 Å². The number of likely N-dealkylation sites (tertiary alicyclic amines) is 1. The zero-order valence-electron chi connectivity index (χ0n) is 21.3. The summed E-state index contributed by atoms with van der Waals surface area (Å²) in [5.41, 5.74) is 2.78. The fraction of sp³-hybridized carbons (Fsp3) is 0.267. The highest BCUT2D eigenvalue weighted by molar-refractivity contribution is 6.47. The van der Waals surface area contributed by atoms with Gasteiger partial charge in [0.1, 0.15) is 17.3 Å². The molecule has 3 aromatic carbocycles. The van der Waals surface area contributed by atoms with E-state index < -0.39 is 17.7 Å². The van der Waals surface area contributed by atoms with Crippen LogP contribution in [0, 0.1) is 0 Å². The highest BCUT2D eigenvalue weighted by atomic mass is 35.5. The molecule has 0 aliphatic carbocycles. The molecule has 192 valence electrons. The van der Waals surface area contributed by atoms with Crippen molar-refractivity contribution in [2.24, 2.45) is 0 Å². The molecule has 37 heavy (non-hydrogen) atoms. The molecular weight excluding hydrogens is 490 g/mol. The molecule has 1 unspecified atom stereocenters. The van der Waals surface area contributed by atoms with Crippen molar-refractivity contribution in [2.45, 2.75) is 39.3 Å². The Morgan fingerprint density at radius 3 is 2.41 bits per heavy atom. The zero-order valence-corrected chi connectivity index (χ0v) is 22.1. The Hall–Kier alpha value is -3.77. The van der Waals surface area contributed by atoms with Crippen molar-refractivity contribution in [2.75, 3.05) is 13.7 Å². The van der Waals surface area contributed by atoms with Crippen molar-refractivity contribution in [1.82, 2.24) is 4.90 Å². The van der Waals surface area contributed by atoms with Gasteiger partial charge in [-0.2, -0.15) is 0 Å². The van der Waals surface area contributed by atoms with Gasteiger partial charge in [0, 0.05) is 11.1 Å². The predicted octanol–water partition coefficient (Wildman–Crippen LogP) is 6.49. The predicted molar refractivity (Wildman–Crippen MR) is 144 cm³/mol. The van der Waals surface area contributed by atoms with E-state index in [2.05, 4.69) is 13.8 Å². The number of ketones is 1. The standard InChI is InChI=1S/C30H30ClNO5/c1-5-37-22-14-15-24(31)23(16-22)28(33)26-27(20-12-10-19(11-13-20)18(2)3)32(30(35)29(26)34)17-21-8-6-7-9-25(21)36-4/h6-16,18,27,33H,5,17H2,1-4H3/b28-26+. The first kappa shape index (κ1) is 26.3. The number of aliphatic hydroxyl groups excluding tert-OH is 1. The van der Waals surface area contributed by atoms with E-state index in [0.29, 0.717) is 29.6 Å². The third kappa shape index (κ3) is 5.20. The quantitative estimate of drug-likeness (QED) is 0.209. The van der Waals surface area contributed by atoms with Gasteiger partial charge < -0.3 is 19.5 Å². The maximum atomic E-state index is 13.4. The van der Waals surface area contributed by atoms with Gasteiger partial charge in [0.2, 0.25) is 0 Å². The molecule has 1 heterocycles. The van der Waals surface area contributed by atoms with E-state index in [-0.39, 0.29) is 28.5 Å². The van der Waals surface area contributed by atoms with E-state index in [0.717, 1.165) is 11.1 Å². The summed E-state index contributed by atoms with van der Waals surface area (Å²) in [5.74, 6) is -0.412. The average Bonchev–Trinajstić information content (AvgIpc) is 3.14. The van der Waals surface area contributed by atoms with Crippen molar-refractivity contribution in [1.29, 1.82) is 0 Å². The number of hydrogen-bond donors (Lipinski definition) is 1. The van der Waals surface area contributed by atoms with Crippen LogP contribution in [0.5, 0.6) is 11.5 Å². The SMILES string of the molecule is CCOc1ccc(Cl)c(/C(O)=C2\C(=O)C(=O)N(Cc3ccccc3OC)C2c2ccc(C(C)C)cc2)c1. The number of aliphatic hydroxyl groups is 1. The van der Waals surface area contributed by atoms with Gasteiger partial charge in [0.15, 0.2) is 0 Å². The number of methoxy groups -OCH3 is 1. The van der Waals surface area contributed by atoms with Crippen LogP contribution in [0.15, 0.2) is 72.3 Å². The number of para-hydroxylation sites is 1. The van der Waals surface area contributed by atoms with Crippen molar-refractivity contribution >= 4 is 29.1 Å². The van der Waals surface area contributed by atoms with E-state index in [1.165, 1.54) is 4.90 Å². The minimum Gasteiger partial charge on any atom is -0.507 e. The molecule has 0 bridgehead atoms. The summed E-state index contributed by atoms with van der Waals surface area (Å²) >= 11 is 6.43. The van der Waals surface area contributed by atoms with E-state index in [9.17, 15) is 14.7 Å². The lowest BCUT2D eigenvalue weighted by molar-refractivity contribution is -0.140. The maximum Gasteiger partial charge on any atom is 0.295 e. The fourth-order valence-corrected chi connectivity index (χ4v) is 4.76. The Bertz CT molecular complexity index is 1350. The normalized spacial score (nSPS) is 16.9. The number of nitrogens with zero attached hydrogens (tertiary/aromatic N) is 1. The second-order valence-corrected chi connectivity index (χ2v) is 9.54. The molecule has 1 fully saturated rings. The lowest BCUT2D eigenvalue weighted by Gasteiger charge is -2.26. The maximum absolute atomic E-state index is 13.4. The average molecular weight is 520 g/mol. The van der Waals surface area contributed by atoms with Gasteiger partial charge in [-0.1, -0.05) is 67.9 Å². The Morgan fingerprint density at radius 2 is 1.76 bits per heavy atom. The van der Waals surface area contributed by atoms with Crippen LogP contribution in [0.25, 0.3) is 5.76 Å². The highest BCUT2D eigenvalue weighted by Gasteiger charge is 2.46. The smallest absolute Gasteiger partial charge is 0.295 e. The molecule has 1 amide bonds. The van der Waals surface area contributed by atoms with Gasteiger partial charge in [0.25, 0.3) is 11.7 Å². The summed E-state index contributed by atoms with van der Waals surface area (Å²) in [6, 6.07) is 19.1. The Labute approximate surface area is 222 Å². The molecule has 0 radical (unpaired) electrons. The summed E-state index contributed by atoms with van der Waals surface area (Å²) in [5, 5.41) is 11.7. The van der Waals surface area contributed by atoms with Gasteiger partial charge in [0.05, 0.1) is 36.9 Å². The van der Waals surface area contributed by atoms with Crippen LogP contribution >= 0.6 is 11.6 Å². The van der Waals surface area contributed by atoms with Crippen LogP contribution in [0.4, 0.5) is 0 Å². The van der Waals surface area contributed by atoms with Crippen LogP contribution in [-0.2, 0) is 16.1 Å². The molecule has 1 aliphatic heterocycles. The van der Waals surface area contributed by atoms with Gasteiger partial charge in [-0.15, -0.1) is 0 Å². The molecule has 1 aliphatic rings. The first-order chi connectivity index (χ1) is 17.8.